The maximum absolute atomic E-state index is 13.7. The number of carbonyl (C=O) groups excluding carboxylic acids is 2. The summed E-state index contributed by atoms with van der Waals surface area (Å²) in [7, 11) is 1.22. The fourth-order valence-electron chi connectivity index (χ4n) is 2.35. The number of hydrogen-bond donors (Lipinski definition) is 1. The second-order valence-electron chi connectivity index (χ2n) is 5.17. The second kappa shape index (κ2) is 7.47. The van der Waals surface area contributed by atoms with E-state index in [0.29, 0.717) is 17.9 Å². The molecule has 1 amide bonds. The molecule has 0 saturated carbocycles. The highest BCUT2D eigenvalue weighted by Crippen LogP contribution is 2.29. The molecule has 2 heterocycles. The Morgan fingerprint density at radius 3 is 3.12 bits per heavy atom. The lowest BCUT2D eigenvalue weighted by Crippen LogP contribution is -2.19. The third-order valence-electron chi connectivity index (χ3n) is 3.44. The summed E-state index contributed by atoms with van der Waals surface area (Å²) in [6.45, 7) is 0.571. The molecule has 1 fully saturated rings. The van der Waals surface area contributed by atoms with Crippen LogP contribution >= 0.6 is 11.8 Å². The Kier molecular flexibility index (Phi) is 5.13. The Hall–Kier alpha value is -2.68. The van der Waals surface area contributed by atoms with Gasteiger partial charge in [0, 0.05) is 11.6 Å². The third kappa shape index (κ3) is 4.05. The Morgan fingerprint density at radius 2 is 2.32 bits per heavy atom. The fraction of sp³-hybridized carbons (Fsp3) is 0.250. The number of amidine groups is 1. The summed E-state index contributed by atoms with van der Waals surface area (Å²) >= 11 is 0.960. The number of hydrogen-bond acceptors (Lipinski definition) is 7. The molecule has 0 radical (unpaired) electrons. The largest absolute Gasteiger partial charge is 0.493 e. The molecular formula is C16H14FN3O4S. The highest BCUT2D eigenvalue weighted by molar-refractivity contribution is 8.18. The fourth-order valence-corrected chi connectivity index (χ4v) is 3.09. The van der Waals surface area contributed by atoms with Crippen molar-refractivity contribution in [2.45, 2.75) is 12.8 Å². The first-order valence-corrected chi connectivity index (χ1v) is 8.23. The Balaban J connectivity index is 1.77. The summed E-state index contributed by atoms with van der Waals surface area (Å²) in [5, 5.41) is 10.4. The lowest BCUT2D eigenvalue weighted by Gasteiger charge is -2.18. The third-order valence-corrected chi connectivity index (χ3v) is 4.34. The van der Waals surface area contributed by atoms with Crippen LogP contribution < -0.4 is 10.1 Å². The van der Waals surface area contributed by atoms with Crippen LogP contribution in [0, 0.1) is 5.82 Å². The number of nitrogens with zero attached hydrogens (tertiary/aromatic N) is 2. The van der Waals surface area contributed by atoms with Crippen molar-refractivity contribution in [3.8, 4) is 5.75 Å². The van der Waals surface area contributed by atoms with E-state index in [1.54, 1.807) is 0 Å². The minimum Gasteiger partial charge on any atom is -0.493 e. The number of fused-ring (bicyclic) bond motifs is 1. The molecule has 7 nitrogen and oxygen atoms in total. The lowest BCUT2D eigenvalue weighted by atomic mass is 10.0. The van der Waals surface area contributed by atoms with Gasteiger partial charge in [0.05, 0.1) is 24.8 Å². The predicted molar refractivity (Wildman–Crippen MR) is 91.1 cm³/mol. The predicted octanol–water partition coefficient (Wildman–Crippen LogP) is 1.76. The van der Waals surface area contributed by atoms with Crippen molar-refractivity contribution in [3.05, 3.63) is 40.1 Å². The summed E-state index contributed by atoms with van der Waals surface area (Å²) in [5.74, 6) is -0.863. The summed E-state index contributed by atoms with van der Waals surface area (Å²) in [4.78, 5) is 23.0. The first-order valence-electron chi connectivity index (χ1n) is 7.42. The van der Waals surface area contributed by atoms with Gasteiger partial charge in [-0.25, -0.2) is 9.18 Å². The SMILES string of the molecule is COC(=O)/C=C1/S/C(=N\N=Cc2cc(F)cc3c2OCCC3)NC1=O. The molecule has 0 spiro atoms. The standard InChI is InChI=1S/C16H14FN3O4S/c1-23-13(21)7-12-15(22)19-16(25-12)20-18-8-10-6-11(17)5-9-3-2-4-24-14(9)10/h5-8H,2-4H2,1H3,(H,19,20,22)/b12-7+,18-8?. The number of aryl methyl sites for hydroxylation is 1. The van der Waals surface area contributed by atoms with E-state index in [9.17, 15) is 14.0 Å². The molecule has 1 N–H and O–H groups in total. The van der Waals surface area contributed by atoms with Gasteiger partial charge in [0.1, 0.15) is 11.6 Å². The van der Waals surface area contributed by atoms with Crippen molar-refractivity contribution in [1.82, 2.24) is 5.32 Å². The van der Waals surface area contributed by atoms with Crippen LogP contribution in [0.25, 0.3) is 0 Å². The van der Waals surface area contributed by atoms with Gasteiger partial charge in [0.25, 0.3) is 5.91 Å². The molecule has 1 aromatic carbocycles. The summed E-state index contributed by atoms with van der Waals surface area (Å²) in [6, 6.07) is 2.77. The van der Waals surface area contributed by atoms with Crippen molar-refractivity contribution in [3.63, 3.8) is 0 Å². The van der Waals surface area contributed by atoms with Crippen molar-refractivity contribution in [2.75, 3.05) is 13.7 Å². The molecule has 1 aromatic rings. The molecule has 0 atom stereocenters. The highest BCUT2D eigenvalue weighted by Gasteiger charge is 2.25. The van der Waals surface area contributed by atoms with E-state index in [2.05, 4.69) is 20.3 Å². The number of nitrogens with one attached hydrogen (secondary N) is 1. The normalized spacial score (nSPS) is 19.8. The number of methoxy groups -OCH3 is 1. The van der Waals surface area contributed by atoms with Gasteiger partial charge in [-0.05, 0) is 42.3 Å². The molecule has 3 rings (SSSR count). The number of rotatable bonds is 3. The van der Waals surface area contributed by atoms with Gasteiger partial charge in [-0.1, -0.05) is 0 Å². The van der Waals surface area contributed by atoms with Gasteiger partial charge in [0.2, 0.25) is 0 Å². The van der Waals surface area contributed by atoms with Gasteiger partial charge in [0.15, 0.2) is 5.17 Å². The van der Waals surface area contributed by atoms with Crippen molar-refractivity contribution >= 4 is 35.0 Å². The number of ether oxygens (including phenoxy) is 2. The van der Waals surface area contributed by atoms with Crippen LogP contribution in [0.5, 0.6) is 5.75 Å². The van der Waals surface area contributed by atoms with E-state index >= 15 is 0 Å². The zero-order valence-electron chi connectivity index (χ0n) is 13.2. The maximum Gasteiger partial charge on any atom is 0.331 e. The van der Waals surface area contributed by atoms with Crippen molar-refractivity contribution in [1.29, 1.82) is 0 Å². The number of esters is 1. The molecule has 2 aliphatic rings. The monoisotopic (exact) mass is 363 g/mol. The minimum absolute atomic E-state index is 0.160. The molecule has 0 bridgehead atoms. The maximum atomic E-state index is 13.7. The van der Waals surface area contributed by atoms with Crippen LogP contribution in [-0.2, 0) is 20.7 Å². The summed E-state index contributed by atoms with van der Waals surface area (Å²) in [6.07, 6.45) is 4.03. The summed E-state index contributed by atoms with van der Waals surface area (Å²) in [5.41, 5.74) is 1.28. The molecule has 130 valence electrons. The van der Waals surface area contributed by atoms with Gasteiger partial charge in [-0.3, -0.25) is 10.1 Å². The zero-order valence-corrected chi connectivity index (χ0v) is 14.1. The Bertz CT molecular complexity index is 820. The molecular weight excluding hydrogens is 349 g/mol. The molecule has 0 unspecified atom stereocenters. The van der Waals surface area contributed by atoms with E-state index in [-0.39, 0.29) is 15.9 Å². The van der Waals surface area contributed by atoms with Crippen LogP contribution in [0.3, 0.4) is 0 Å². The zero-order chi connectivity index (χ0) is 17.8. The van der Waals surface area contributed by atoms with E-state index in [1.807, 2.05) is 0 Å². The van der Waals surface area contributed by atoms with E-state index in [4.69, 9.17) is 4.74 Å². The van der Waals surface area contributed by atoms with Crippen LogP contribution in [0.2, 0.25) is 0 Å². The van der Waals surface area contributed by atoms with Gasteiger partial charge < -0.3 is 9.47 Å². The van der Waals surface area contributed by atoms with Crippen LogP contribution in [0.4, 0.5) is 4.39 Å². The molecule has 1 saturated heterocycles. The lowest BCUT2D eigenvalue weighted by molar-refractivity contribution is -0.135. The molecule has 2 aliphatic heterocycles. The molecule has 9 heteroatoms. The van der Waals surface area contributed by atoms with Crippen LogP contribution in [0.1, 0.15) is 17.5 Å². The molecule has 0 aromatic heterocycles. The number of halogens is 1. The minimum atomic E-state index is -0.633. The highest BCUT2D eigenvalue weighted by atomic mass is 32.2. The van der Waals surface area contributed by atoms with Gasteiger partial charge in [-0.2, -0.15) is 5.10 Å². The smallest absolute Gasteiger partial charge is 0.331 e. The molecule has 0 aliphatic carbocycles. The first-order chi connectivity index (χ1) is 12.1. The first kappa shape index (κ1) is 17.2. The Morgan fingerprint density at radius 1 is 1.48 bits per heavy atom. The van der Waals surface area contributed by atoms with E-state index in [1.165, 1.54) is 25.5 Å². The second-order valence-corrected chi connectivity index (χ2v) is 6.20. The summed E-state index contributed by atoms with van der Waals surface area (Å²) < 4.78 is 23.7. The number of thioether (sulfide) groups is 1. The van der Waals surface area contributed by atoms with Crippen molar-refractivity contribution < 1.29 is 23.5 Å². The number of benzene rings is 1. The quantitative estimate of drug-likeness (QED) is 0.383. The topological polar surface area (TPSA) is 89.3 Å². The number of amides is 1. The van der Waals surface area contributed by atoms with Gasteiger partial charge >= 0.3 is 5.97 Å². The van der Waals surface area contributed by atoms with Crippen molar-refractivity contribution in [2.24, 2.45) is 10.2 Å². The average molecular weight is 363 g/mol. The molecule has 25 heavy (non-hydrogen) atoms. The van der Waals surface area contributed by atoms with Gasteiger partial charge in [-0.15, -0.1) is 5.10 Å². The van der Waals surface area contributed by atoms with Crippen LogP contribution in [0.15, 0.2) is 33.3 Å². The van der Waals surface area contributed by atoms with Crippen LogP contribution in [-0.4, -0.2) is 37.0 Å². The average Bonchev–Trinajstić information content (AvgIpc) is 2.94. The van der Waals surface area contributed by atoms with E-state index in [0.717, 1.165) is 36.2 Å². The van der Waals surface area contributed by atoms with E-state index < -0.39 is 11.9 Å². The Labute approximate surface area is 147 Å². The number of carbonyl (C=O) groups is 2.